The van der Waals surface area contributed by atoms with Gasteiger partial charge in [0, 0.05) is 31.4 Å². The summed E-state index contributed by atoms with van der Waals surface area (Å²) in [6.45, 7) is 2.40. The molecule has 0 saturated carbocycles. The Bertz CT molecular complexity index is 1360. The quantitative estimate of drug-likeness (QED) is 0.377. The molecule has 39 heavy (non-hydrogen) atoms. The number of aromatic nitrogens is 1. The summed E-state index contributed by atoms with van der Waals surface area (Å²) in [6, 6.07) is 14.9. The van der Waals surface area contributed by atoms with Crippen LogP contribution in [0.3, 0.4) is 0 Å². The van der Waals surface area contributed by atoms with E-state index in [2.05, 4.69) is 9.88 Å². The van der Waals surface area contributed by atoms with Crippen molar-refractivity contribution in [2.24, 2.45) is 0 Å². The van der Waals surface area contributed by atoms with Crippen LogP contribution in [0.4, 0.5) is 5.69 Å². The summed E-state index contributed by atoms with van der Waals surface area (Å²) in [4.78, 5) is 36.3. The zero-order chi connectivity index (χ0) is 27.5. The van der Waals surface area contributed by atoms with Crippen LogP contribution in [-0.4, -0.2) is 73.5 Å². The van der Waals surface area contributed by atoms with Crippen LogP contribution in [0.15, 0.2) is 54.7 Å². The number of hydrogen-bond donors (Lipinski definition) is 0. The van der Waals surface area contributed by atoms with E-state index in [0.29, 0.717) is 28.9 Å². The van der Waals surface area contributed by atoms with Crippen LogP contribution in [0.2, 0.25) is 10.0 Å². The summed E-state index contributed by atoms with van der Waals surface area (Å²) in [5, 5.41) is 0.614. The molecular weight excluding hydrogens is 539 g/mol. The molecule has 5 rings (SSSR count). The maximum Gasteiger partial charge on any atom is 0.265 e. The van der Waals surface area contributed by atoms with E-state index in [1.54, 1.807) is 37.4 Å². The van der Waals surface area contributed by atoms with E-state index in [9.17, 15) is 9.59 Å². The highest BCUT2D eigenvalue weighted by Crippen LogP contribution is 2.39. The van der Waals surface area contributed by atoms with Gasteiger partial charge in [-0.1, -0.05) is 47.5 Å². The van der Waals surface area contributed by atoms with Crippen molar-refractivity contribution >= 4 is 40.7 Å². The lowest BCUT2D eigenvalue weighted by Gasteiger charge is -2.35. The zero-order valence-corrected chi connectivity index (χ0v) is 23.4. The number of rotatable bonds is 8. The second-order valence-electron chi connectivity index (χ2n) is 9.71. The Morgan fingerprint density at radius 1 is 1.13 bits per heavy atom. The van der Waals surface area contributed by atoms with Crippen LogP contribution in [-0.2, 0) is 9.59 Å². The Morgan fingerprint density at radius 3 is 2.56 bits per heavy atom. The Balaban J connectivity index is 1.40. The SMILES string of the molecule is COc1ncccc1-c1ccc(C(CN2CCCC2)N(C)C(=O)CN2C(=O)COc3cc(Cl)c(Cl)cc32)cc1. The van der Waals surface area contributed by atoms with E-state index < -0.39 is 0 Å². The molecule has 2 aromatic carbocycles. The van der Waals surface area contributed by atoms with Gasteiger partial charge >= 0.3 is 0 Å². The first-order chi connectivity index (χ1) is 18.9. The van der Waals surface area contributed by atoms with Gasteiger partial charge in [0.15, 0.2) is 6.61 Å². The normalized spacial score (nSPS) is 16.0. The first kappa shape index (κ1) is 27.2. The van der Waals surface area contributed by atoms with Crippen LogP contribution in [0, 0.1) is 0 Å². The Hall–Kier alpha value is -3.33. The lowest BCUT2D eigenvalue weighted by molar-refractivity contribution is -0.133. The number of anilines is 1. The topological polar surface area (TPSA) is 75.2 Å². The monoisotopic (exact) mass is 568 g/mol. The van der Waals surface area contributed by atoms with Crippen molar-refractivity contribution in [3.05, 3.63) is 70.3 Å². The highest BCUT2D eigenvalue weighted by Gasteiger charge is 2.32. The number of nitrogens with zero attached hydrogens (tertiary/aromatic N) is 4. The first-order valence-corrected chi connectivity index (χ1v) is 13.6. The number of hydrogen-bond acceptors (Lipinski definition) is 6. The molecule has 1 fully saturated rings. The molecule has 0 aliphatic carbocycles. The number of fused-ring (bicyclic) bond motifs is 1. The van der Waals surface area contributed by atoms with Crippen molar-refractivity contribution in [1.82, 2.24) is 14.8 Å². The maximum absolute atomic E-state index is 13.7. The van der Waals surface area contributed by atoms with Crippen LogP contribution in [0.5, 0.6) is 11.6 Å². The van der Waals surface area contributed by atoms with Crippen LogP contribution < -0.4 is 14.4 Å². The van der Waals surface area contributed by atoms with Crippen molar-refractivity contribution < 1.29 is 19.1 Å². The van der Waals surface area contributed by atoms with Gasteiger partial charge in [0.1, 0.15) is 12.3 Å². The molecule has 3 heterocycles. The number of amides is 2. The first-order valence-electron chi connectivity index (χ1n) is 12.8. The van der Waals surface area contributed by atoms with Gasteiger partial charge in [-0.15, -0.1) is 0 Å². The number of carbonyl (C=O) groups is 2. The molecule has 2 amide bonds. The lowest BCUT2D eigenvalue weighted by atomic mass is 10.00. The highest BCUT2D eigenvalue weighted by molar-refractivity contribution is 6.42. The number of likely N-dealkylation sites (N-methyl/N-ethyl adjacent to an activating group) is 1. The van der Waals surface area contributed by atoms with Crippen LogP contribution in [0.1, 0.15) is 24.4 Å². The third-order valence-electron chi connectivity index (χ3n) is 7.30. The molecule has 8 nitrogen and oxygen atoms in total. The number of ether oxygens (including phenoxy) is 2. The van der Waals surface area contributed by atoms with Crippen molar-refractivity contribution in [2.75, 3.05) is 51.8 Å². The van der Waals surface area contributed by atoms with E-state index in [1.807, 2.05) is 36.4 Å². The van der Waals surface area contributed by atoms with Crippen molar-refractivity contribution in [1.29, 1.82) is 0 Å². The zero-order valence-electron chi connectivity index (χ0n) is 21.9. The van der Waals surface area contributed by atoms with E-state index in [4.69, 9.17) is 32.7 Å². The molecule has 3 aromatic rings. The fourth-order valence-electron chi connectivity index (χ4n) is 5.11. The standard InChI is InChI=1S/C29H30Cl2N4O4/c1-33(27(36)17-35-24-14-22(30)23(31)15-26(24)39-18-28(35)37)25(16-34-12-3-4-13-34)20-9-7-19(8-10-20)21-6-5-11-32-29(21)38-2/h5-11,14-15,25H,3-4,12-13,16-18H2,1-2H3. The summed E-state index contributed by atoms with van der Waals surface area (Å²) in [6.07, 6.45) is 3.99. The number of pyridine rings is 1. The van der Waals surface area contributed by atoms with Crippen molar-refractivity contribution in [3.63, 3.8) is 0 Å². The molecule has 1 saturated heterocycles. The molecule has 1 atom stereocenters. The van der Waals surface area contributed by atoms with Crippen LogP contribution in [0.25, 0.3) is 11.1 Å². The number of carbonyl (C=O) groups excluding carboxylic acids is 2. The van der Waals surface area contributed by atoms with Gasteiger partial charge < -0.3 is 19.3 Å². The molecule has 0 bridgehead atoms. The minimum atomic E-state index is -0.312. The van der Waals surface area contributed by atoms with Crippen molar-refractivity contribution in [3.8, 4) is 22.8 Å². The van der Waals surface area contributed by atoms with E-state index in [0.717, 1.165) is 42.6 Å². The molecule has 2 aliphatic heterocycles. The van der Waals surface area contributed by atoms with Gasteiger partial charge in [0.05, 0.1) is 28.9 Å². The molecule has 0 spiro atoms. The Kier molecular flexibility index (Phi) is 8.26. The van der Waals surface area contributed by atoms with Gasteiger partial charge in [-0.3, -0.25) is 14.5 Å². The number of halogens is 2. The molecule has 1 unspecified atom stereocenters. The van der Waals surface area contributed by atoms with Gasteiger partial charge in [0.25, 0.3) is 5.91 Å². The van der Waals surface area contributed by atoms with Gasteiger partial charge in [-0.2, -0.15) is 0 Å². The second-order valence-corrected chi connectivity index (χ2v) is 10.5. The number of benzene rings is 2. The summed E-state index contributed by atoms with van der Waals surface area (Å²) in [7, 11) is 3.40. The van der Waals surface area contributed by atoms with E-state index >= 15 is 0 Å². The van der Waals surface area contributed by atoms with Gasteiger partial charge in [0.2, 0.25) is 11.8 Å². The molecule has 0 N–H and O–H groups in total. The molecule has 2 aliphatic rings. The minimum absolute atomic E-state index is 0.134. The second kappa shape index (κ2) is 11.8. The number of methoxy groups -OCH3 is 1. The third kappa shape index (κ3) is 5.83. The molecular formula is C29H30Cl2N4O4. The maximum atomic E-state index is 13.7. The molecule has 0 radical (unpaired) electrons. The fourth-order valence-corrected chi connectivity index (χ4v) is 5.42. The molecule has 204 valence electrons. The fraction of sp³-hybridized carbons (Fsp3) is 0.345. The summed E-state index contributed by atoms with van der Waals surface area (Å²) >= 11 is 12.4. The Morgan fingerprint density at radius 2 is 1.85 bits per heavy atom. The third-order valence-corrected chi connectivity index (χ3v) is 8.02. The summed E-state index contributed by atoms with van der Waals surface area (Å²) in [5.74, 6) is 0.482. The highest BCUT2D eigenvalue weighted by atomic mass is 35.5. The summed E-state index contributed by atoms with van der Waals surface area (Å²) in [5.41, 5.74) is 3.32. The Labute approximate surface area is 238 Å². The van der Waals surface area contributed by atoms with Gasteiger partial charge in [-0.25, -0.2) is 4.98 Å². The van der Waals surface area contributed by atoms with Crippen LogP contribution >= 0.6 is 23.2 Å². The van der Waals surface area contributed by atoms with Gasteiger partial charge in [-0.05, 0) is 55.3 Å². The van der Waals surface area contributed by atoms with E-state index in [1.165, 1.54) is 4.90 Å². The summed E-state index contributed by atoms with van der Waals surface area (Å²) < 4.78 is 11.0. The molecule has 10 heteroatoms. The van der Waals surface area contributed by atoms with E-state index in [-0.39, 0.29) is 36.0 Å². The average molecular weight is 569 g/mol. The molecule has 1 aromatic heterocycles. The predicted octanol–water partition coefficient (Wildman–Crippen LogP) is 5.08. The van der Waals surface area contributed by atoms with Crippen molar-refractivity contribution in [2.45, 2.75) is 18.9 Å². The number of likely N-dealkylation sites (tertiary alicyclic amines) is 1. The average Bonchev–Trinajstić information content (AvgIpc) is 3.47. The predicted molar refractivity (Wildman–Crippen MR) is 152 cm³/mol. The largest absolute Gasteiger partial charge is 0.482 e. The lowest BCUT2D eigenvalue weighted by Crippen LogP contribution is -2.47. The smallest absolute Gasteiger partial charge is 0.265 e. The minimum Gasteiger partial charge on any atom is -0.482 e.